The van der Waals surface area contributed by atoms with Gasteiger partial charge in [-0.25, -0.2) is 9.97 Å². The average molecular weight is 298 g/mol. The van der Waals surface area contributed by atoms with E-state index in [0.29, 0.717) is 17.9 Å². The highest BCUT2D eigenvalue weighted by Gasteiger charge is 2.17. The fourth-order valence-electron chi connectivity index (χ4n) is 2.28. The minimum Gasteiger partial charge on any atom is -0.232 e. The van der Waals surface area contributed by atoms with E-state index in [1.807, 2.05) is 77.6 Å². The van der Waals surface area contributed by atoms with E-state index in [1.165, 1.54) is 0 Å². The van der Waals surface area contributed by atoms with Crippen LogP contribution >= 0.6 is 0 Å². The molecule has 0 saturated heterocycles. The first-order chi connectivity index (χ1) is 11.3. The van der Waals surface area contributed by atoms with Crippen LogP contribution < -0.4 is 4.57 Å². The lowest BCUT2D eigenvalue weighted by Gasteiger charge is -2.07. The van der Waals surface area contributed by atoms with Gasteiger partial charge in [0.25, 0.3) is 0 Å². The third-order valence-electron chi connectivity index (χ3n) is 3.34. The maximum atomic E-state index is 9.19. The Morgan fingerprint density at radius 1 is 0.826 bits per heavy atom. The predicted octanol–water partition coefficient (Wildman–Crippen LogP) is 2.22. The molecule has 2 aromatic heterocycles. The van der Waals surface area contributed by atoms with Crippen LogP contribution in [0.4, 0.5) is 0 Å². The monoisotopic (exact) mass is 298 g/mol. The summed E-state index contributed by atoms with van der Waals surface area (Å²) in [6.07, 6.45) is 3.83. The molecule has 0 N–H and O–H groups in total. The van der Waals surface area contributed by atoms with Crippen LogP contribution in [0.15, 0.2) is 60.9 Å². The normalized spacial score (nSPS) is 9.83. The molecule has 0 atom stereocenters. The number of hydrogen-bond acceptors (Lipinski definition) is 4. The first-order valence-electron chi connectivity index (χ1n) is 7.02. The molecular weight excluding hydrogens is 286 g/mol. The zero-order valence-electron chi connectivity index (χ0n) is 12.2. The number of rotatable bonds is 3. The molecule has 23 heavy (non-hydrogen) atoms. The van der Waals surface area contributed by atoms with Gasteiger partial charge in [-0.3, -0.25) is 0 Å². The number of benzene rings is 1. The Labute approximate surface area is 133 Å². The zero-order chi connectivity index (χ0) is 16.1. The third kappa shape index (κ3) is 3.04. The van der Waals surface area contributed by atoms with Gasteiger partial charge < -0.3 is 0 Å². The molecule has 0 fully saturated rings. The molecule has 0 aliphatic carbocycles. The van der Waals surface area contributed by atoms with Gasteiger partial charge in [0.1, 0.15) is 17.8 Å². The molecule has 3 rings (SSSR count). The summed E-state index contributed by atoms with van der Waals surface area (Å²) in [4.78, 5) is 8.74. The van der Waals surface area contributed by atoms with Gasteiger partial charge in [-0.05, 0) is 0 Å². The van der Waals surface area contributed by atoms with E-state index >= 15 is 0 Å². The molecule has 0 amide bonds. The number of pyridine rings is 1. The summed E-state index contributed by atoms with van der Waals surface area (Å²) in [6.45, 7) is 0.471. The SMILES string of the molecule is N#Cc1nc(C[n+]2ccccc2)c(-c2ccccc2)nc1C#N. The first kappa shape index (κ1) is 14.4. The topological polar surface area (TPSA) is 77.2 Å². The summed E-state index contributed by atoms with van der Waals surface area (Å²) in [7, 11) is 0. The summed E-state index contributed by atoms with van der Waals surface area (Å²) in [5.41, 5.74) is 2.25. The molecule has 0 saturated carbocycles. The summed E-state index contributed by atoms with van der Waals surface area (Å²) in [5, 5.41) is 18.4. The van der Waals surface area contributed by atoms with Crippen molar-refractivity contribution < 1.29 is 4.57 Å². The predicted molar refractivity (Wildman–Crippen MR) is 82.6 cm³/mol. The largest absolute Gasteiger partial charge is 0.232 e. The second kappa shape index (κ2) is 6.46. The summed E-state index contributed by atoms with van der Waals surface area (Å²) < 4.78 is 1.95. The van der Waals surface area contributed by atoms with Gasteiger partial charge in [-0.15, -0.1) is 0 Å². The number of nitriles is 2. The van der Waals surface area contributed by atoms with E-state index < -0.39 is 0 Å². The Kier molecular flexibility index (Phi) is 4.04. The van der Waals surface area contributed by atoms with E-state index in [0.717, 1.165) is 5.56 Å². The second-order valence-corrected chi connectivity index (χ2v) is 4.85. The van der Waals surface area contributed by atoms with Gasteiger partial charge in [-0.1, -0.05) is 36.4 Å². The minimum atomic E-state index is 0.0492. The Balaban J connectivity index is 2.16. The van der Waals surface area contributed by atoms with Crippen molar-refractivity contribution in [1.29, 1.82) is 10.5 Å². The molecule has 5 heteroatoms. The van der Waals surface area contributed by atoms with Crippen molar-refractivity contribution >= 4 is 0 Å². The lowest BCUT2D eigenvalue weighted by Crippen LogP contribution is -2.34. The number of aromatic nitrogens is 3. The van der Waals surface area contributed by atoms with Gasteiger partial charge in [0.15, 0.2) is 30.3 Å². The van der Waals surface area contributed by atoms with E-state index in [9.17, 15) is 10.5 Å². The number of hydrogen-bond donors (Lipinski definition) is 0. The van der Waals surface area contributed by atoms with Gasteiger partial charge >= 0.3 is 0 Å². The lowest BCUT2D eigenvalue weighted by atomic mass is 10.1. The Bertz CT molecular complexity index is 906. The van der Waals surface area contributed by atoms with Gasteiger partial charge in [0, 0.05) is 17.7 Å². The highest BCUT2D eigenvalue weighted by atomic mass is 15.0. The van der Waals surface area contributed by atoms with Crippen molar-refractivity contribution in [3.8, 4) is 23.4 Å². The van der Waals surface area contributed by atoms with E-state index in [1.54, 1.807) is 0 Å². The molecule has 0 aliphatic heterocycles. The fourth-order valence-corrected chi connectivity index (χ4v) is 2.28. The second-order valence-electron chi connectivity index (χ2n) is 4.85. The van der Waals surface area contributed by atoms with Crippen LogP contribution in [0, 0.1) is 22.7 Å². The van der Waals surface area contributed by atoms with Crippen molar-refractivity contribution in [2.24, 2.45) is 0 Å². The van der Waals surface area contributed by atoms with Crippen LogP contribution in [0.5, 0.6) is 0 Å². The maximum absolute atomic E-state index is 9.19. The highest BCUT2D eigenvalue weighted by molar-refractivity contribution is 5.62. The number of nitrogens with zero attached hydrogens (tertiary/aromatic N) is 5. The molecule has 1 aromatic carbocycles. The van der Waals surface area contributed by atoms with Gasteiger partial charge in [0.2, 0.25) is 0 Å². The van der Waals surface area contributed by atoms with Crippen LogP contribution in [0.3, 0.4) is 0 Å². The average Bonchev–Trinajstić information content (AvgIpc) is 2.63. The first-order valence-corrected chi connectivity index (χ1v) is 7.02. The molecule has 0 aliphatic rings. The maximum Gasteiger partial charge on any atom is 0.192 e. The van der Waals surface area contributed by atoms with Gasteiger partial charge in [0.05, 0.1) is 5.69 Å². The van der Waals surface area contributed by atoms with Crippen molar-refractivity contribution in [2.45, 2.75) is 6.54 Å². The molecule has 5 nitrogen and oxygen atoms in total. The van der Waals surface area contributed by atoms with Crippen molar-refractivity contribution in [3.05, 3.63) is 78.0 Å². The van der Waals surface area contributed by atoms with Crippen LogP contribution in [0.2, 0.25) is 0 Å². The quantitative estimate of drug-likeness (QED) is 0.695. The van der Waals surface area contributed by atoms with Crippen LogP contribution in [-0.4, -0.2) is 9.97 Å². The van der Waals surface area contributed by atoms with Crippen LogP contribution in [-0.2, 0) is 6.54 Å². The third-order valence-corrected chi connectivity index (χ3v) is 3.34. The molecule has 0 bridgehead atoms. The molecular formula is C18H12N5+. The molecule has 2 heterocycles. The van der Waals surface area contributed by atoms with Crippen LogP contribution in [0.1, 0.15) is 17.1 Å². The summed E-state index contributed by atoms with van der Waals surface area (Å²) >= 11 is 0. The van der Waals surface area contributed by atoms with Crippen LogP contribution in [0.25, 0.3) is 11.3 Å². The van der Waals surface area contributed by atoms with E-state index in [-0.39, 0.29) is 11.4 Å². The Hall–Kier alpha value is -3.57. The van der Waals surface area contributed by atoms with Crippen molar-refractivity contribution in [2.75, 3.05) is 0 Å². The van der Waals surface area contributed by atoms with Crippen molar-refractivity contribution in [1.82, 2.24) is 9.97 Å². The Morgan fingerprint density at radius 3 is 2.09 bits per heavy atom. The molecule has 0 spiro atoms. The van der Waals surface area contributed by atoms with E-state index in [4.69, 9.17) is 0 Å². The minimum absolute atomic E-state index is 0.0492. The fraction of sp³-hybridized carbons (Fsp3) is 0.0556. The zero-order valence-corrected chi connectivity index (χ0v) is 12.2. The smallest absolute Gasteiger partial charge is 0.192 e. The lowest BCUT2D eigenvalue weighted by molar-refractivity contribution is -0.688. The van der Waals surface area contributed by atoms with Crippen molar-refractivity contribution in [3.63, 3.8) is 0 Å². The molecule has 108 valence electrons. The summed E-state index contributed by atoms with van der Waals surface area (Å²) in [5.74, 6) is 0. The summed E-state index contributed by atoms with van der Waals surface area (Å²) in [6, 6.07) is 19.2. The Morgan fingerprint density at radius 2 is 1.43 bits per heavy atom. The standard InChI is InChI=1S/C18H12N5/c19-11-15-16(12-20)22-18(14-7-3-1-4-8-14)17(21-15)13-23-9-5-2-6-10-23/h1-10H,13H2/q+1. The highest BCUT2D eigenvalue weighted by Crippen LogP contribution is 2.21. The van der Waals surface area contributed by atoms with E-state index in [2.05, 4.69) is 9.97 Å². The molecule has 3 aromatic rings. The molecule has 0 radical (unpaired) electrons. The molecule has 0 unspecified atom stereocenters. The van der Waals surface area contributed by atoms with Gasteiger partial charge in [-0.2, -0.15) is 15.1 Å².